The summed E-state index contributed by atoms with van der Waals surface area (Å²) in [6, 6.07) is 6.55. The number of benzene rings is 1. The second kappa shape index (κ2) is 4.06. The van der Waals surface area contributed by atoms with E-state index < -0.39 is 0 Å². The summed E-state index contributed by atoms with van der Waals surface area (Å²) >= 11 is 3.43. The summed E-state index contributed by atoms with van der Waals surface area (Å²) in [5.74, 6) is 0. The van der Waals surface area contributed by atoms with Gasteiger partial charge in [0.15, 0.2) is 0 Å². The van der Waals surface area contributed by atoms with E-state index in [4.69, 9.17) is 5.73 Å². The molecule has 0 fully saturated rings. The molecule has 1 aromatic rings. The molecule has 2 heteroatoms. The molecule has 0 bridgehead atoms. The molecule has 0 aliphatic rings. The van der Waals surface area contributed by atoms with Crippen molar-refractivity contribution in [3.8, 4) is 0 Å². The molecule has 0 amide bonds. The Labute approximate surface area is 82.1 Å². The Bertz CT molecular complexity index is 269. The minimum Gasteiger partial charge on any atom is -0.328 e. The first-order valence-electron chi connectivity index (χ1n) is 4.10. The molecular weight excluding hydrogens is 214 g/mol. The number of hydrogen-bond acceptors (Lipinski definition) is 1. The van der Waals surface area contributed by atoms with Gasteiger partial charge < -0.3 is 5.73 Å². The molecule has 0 aromatic heterocycles. The molecule has 0 radical (unpaired) electrons. The predicted octanol–water partition coefficient (Wildman–Crippen LogP) is 2.65. The average molecular weight is 228 g/mol. The van der Waals surface area contributed by atoms with Crippen LogP contribution in [0, 0.1) is 6.92 Å². The van der Waals surface area contributed by atoms with E-state index in [9.17, 15) is 0 Å². The first-order valence-corrected chi connectivity index (χ1v) is 4.89. The molecule has 0 heterocycles. The third kappa shape index (κ3) is 2.61. The molecule has 0 aliphatic carbocycles. The molecule has 66 valence electrons. The first kappa shape index (κ1) is 9.75. The molecule has 0 saturated carbocycles. The highest BCUT2D eigenvalue weighted by atomic mass is 79.9. The second-order valence-electron chi connectivity index (χ2n) is 3.25. The molecule has 0 aliphatic heterocycles. The van der Waals surface area contributed by atoms with Gasteiger partial charge in [-0.25, -0.2) is 0 Å². The highest BCUT2D eigenvalue weighted by Gasteiger charge is 2.01. The van der Waals surface area contributed by atoms with E-state index in [0.29, 0.717) is 0 Å². The first-order chi connectivity index (χ1) is 5.59. The highest BCUT2D eigenvalue weighted by Crippen LogP contribution is 2.16. The molecule has 2 N–H and O–H groups in total. The van der Waals surface area contributed by atoms with Crippen LogP contribution in [0.1, 0.15) is 18.1 Å². The summed E-state index contributed by atoms with van der Waals surface area (Å²) in [4.78, 5) is 0. The van der Waals surface area contributed by atoms with Gasteiger partial charge in [0, 0.05) is 10.5 Å². The lowest BCUT2D eigenvalue weighted by Gasteiger charge is -2.08. The monoisotopic (exact) mass is 227 g/mol. The highest BCUT2D eigenvalue weighted by molar-refractivity contribution is 9.10. The summed E-state index contributed by atoms with van der Waals surface area (Å²) < 4.78 is 1.13. The van der Waals surface area contributed by atoms with Crippen molar-refractivity contribution in [3.05, 3.63) is 33.8 Å². The fraction of sp³-hybridized carbons (Fsp3) is 0.400. The largest absolute Gasteiger partial charge is 0.328 e. The van der Waals surface area contributed by atoms with Gasteiger partial charge in [-0.15, -0.1) is 0 Å². The smallest absolute Gasteiger partial charge is 0.0178 e. The van der Waals surface area contributed by atoms with Crippen molar-refractivity contribution in [1.29, 1.82) is 0 Å². The van der Waals surface area contributed by atoms with Crippen LogP contribution < -0.4 is 5.73 Å². The van der Waals surface area contributed by atoms with E-state index in [2.05, 4.69) is 41.1 Å². The van der Waals surface area contributed by atoms with Gasteiger partial charge in [-0.3, -0.25) is 0 Å². The lowest BCUT2D eigenvalue weighted by atomic mass is 10.0. The zero-order valence-electron chi connectivity index (χ0n) is 7.47. The Kier molecular flexibility index (Phi) is 3.29. The van der Waals surface area contributed by atoms with Crippen LogP contribution in [0.2, 0.25) is 0 Å². The second-order valence-corrected chi connectivity index (χ2v) is 4.17. The zero-order valence-corrected chi connectivity index (χ0v) is 9.06. The number of rotatable bonds is 2. The lowest BCUT2D eigenvalue weighted by Crippen LogP contribution is -2.18. The van der Waals surface area contributed by atoms with Gasteiger partial charge in [0.1, 0.15) is 0 Å². The maximum Gasteiger partial charge on any atom is 0.0178 e. The minimum atomic E-state index is 0.241. The van der Waals surface area contributed by atoms with Gasteiger partial charge in [0.05, 0.1) is 0 Å². The van der Waals surface area contributed by atoms with Crippen LogP contribution in [0.3, 0.4) is 0 Å². The van der Waals surface area contributed by atoms with Crippen molar-refractivity contribution in [2.75, 3.05) is 0 Å². The molecule has 1 rings (SSSR count). The van der Waals surface area contributed by atoms with Crippen molar-refractivity contribution >= 4 is 15.9 Å². The normalized spacial score (nSPS) is 13.0. The van der Waals surface area contributed by atoms with Gasteiger partial charge in [-0.1, -0.05) is 22.0 Å². The van der Waals surface area contributed by atoms with E-state index in [1.165, 1.54) is 11.1 Å². The van der Waals surface area contributed by atoms with Gasteiger partial charge in [-0.2, -0.15) is 0 Å². The van der Waals surface area contributed by atoms with Gasteiger partial charge in [0.2, 0.25) is 0 Å². The summed E-state index contributed by atoms with van der Waals surface area (Å²) in [6.07, 6.45) is 0.957. The van der Waals surface area contributed by atoms with Crippen LogP contribution in [-0.4, -0.2) is 6.04 Å². The Morgan fingerprint density at radius 1 is 1.50 bits per heavy atom. The number of hydrogen-bond donors (Lipinski definition) is 1. The minimum absolute atomic E-state index is 0.241. The number of halogens is 1. The van der Waals surface area contributed by atoms with E-state index >= 15 is 0 Å². The van der Waals surface area contributed by atoms with Crippen molar-refractivity contribution in [2.24, 2.45) is 5.73 Å². The predicted molar refractivity (Wildman–Crippen MR) is 56.2 cm³/mol. The van der Waals surface area contributed by atoms with E-state index in [0.717, 1.165) is 10.9 Å². The van der Waals surface area contributed by atoms with Crippen LogP contribution in [-0.2, 0) is 6.42 Å². The molecule has 1 atom stereocenters. The van der Waals surface area contributed by atoms with Gasteiger partial charge in [0.25, 0.3) is 0 Å². The Morgan fingerprint density at radius 2 is 2.17 bits per heavy atom. The van der Waals surface area contributed by atoms with Crippen molar-refractivity contribution in [1.82, 2.24) is 0 Å². The van der Waals surface area contributed by atoms with Crippen LogP contribution in [0.15, 0.2) is 22.7 Å². The Morgan fingerprint density at radius 3 is 2.67 bits per heavy atom. The standard InChI is InChI=1S/C10H14BrN/c1-7-5-10(11)4-3-9(7)6-8(2)12/h3-5,8H,6,12H2,1-2H3. The number of nitrogens with two attached hydrogens (primary N) is 1. The lowest BCUT2D eigenvalue weighted by molar-refractivity contribution is 0.735. The number of aryl methyl sites for hydroxylation is 1. The van der Waals surface area contributed by atoms with Crippen molar-refractivity contribution in [2.45, 2.75) is 26.3 Å². The third-order valence-corrected chi connectivity index (χ3v) is 2.34. The fourth-order valence-electron chi connectivity index (χ4n) is 1.24. The molecular formula is C10H14BrN. The summed E-state index contributed by atoms with van der Waals surface area (Å²) in [5.41, 5.74) is 8.37. The molecule has 1 aromatic carbocycles. The summed E-state index contributed by atoms with van der Waals surface area (Å²) in [7, 11) is 0. The maximum absolute atomic E-state index is 5.72. The fourth-order valence-corrected chi connectivity index (χ4v) is 1.71. The van der Waals surface area contributed by atoms with E-state index in [-0.39, 0.29) is 6.04 Å². The van der Waals surface area contributed by atoms with Crippen LogP contribution in [0.5, 0.6) is 0 Å². The van der Waals surface area contributed by atoms with Crippen molar-refractivity contribution in [3.63, 3.8) is 0 Å². The summed E-state index contributed by atoms with van der Waals surface area (Å²) in [6.45, 7) is 4.14. The van der Waals surface area contributed by atoms with Crippen LogP contribution >= 0.6 is 15.9 Å². The van der Waals surface area contributed by atoms with E-state index in [1.54, 1.807) is 0 Å². The molecule has 1 unspecified atom stereocenters. The van der Waals surface area contributed by atoms with Gasteiger partial charge in [-0.05, 0) is 43.5 Å². The van der Waals surface area contributed by atoms with Gasteiger partial charge >= 0.3 is 0 Å². The Hall–Kier alpha value is -0.340. The SMILES string of the molecule is Cc1cc(Br)ccc1CC(C)N. The Balaban J connectivity index is 2.86. The molecule has 1 nitrogen and oxygen atoms in total. The average Bonchev–Trinajstić information content (AvgIpc) is 1.94. The molecule has 12 heavy (non-hydrogen) atoms. The maximum atomic E-state index is 5.72. The topological polar surface area (TPSA) is 26.0 Å². The van der Waals surface area contributed by atoms with Crippen LogP contribution in [0.4, 0.5) is 0 Å². The summed E-state index contributed by atoms with van der Waals surface area (Å²) in [5, 5.41) is 0. The van der Waals surface area contributed by atoms with Crippen LogP contribution in [0.25, 0.3) is 0 Å². The zero-order chi connectivity index (χ0) is 9.14. The molecule has 0 saturated heterocycles. The quantitative estimate of drug-likeness (QED) is 0.827. The third-order valence-electron chi connectivity index (χ3n) is 1.85. The van der Waals surface area contributed by atoms with Crippen molar-refractivity contribution < 1.29 is 0 Å². The van der Waals surface area contributed by atoms with E-state index in [1.807, 2.05) is 6.92 Å². The molecule has 0 spiro atoms.